The Bertz CT molecular complexity index is 655. The summed E-state index contributed by atoms with van der Waals surface area (Å²) in [6, 6.07) is 16.0. The van der Waals surface area contributed by atoms with E-state index in [9.17, 15) is 14.7 Å². The molecule has 0 saturated heterocycles. The first-order chi connectivity index (χ1) is 10.5. The number of amides is 1. The number of nitrogens with zero attached hydrogens (tertiary/aromatic N) is 1. The molecule has 0 spiro atoms. The zero-order chi connectivity index (χ0) is 16.1. The van der Waals surface area contributed by atoms with Gasteiger partial charge in [-0.2, -0.15) is 0 Å². The Morgan fingerprint density at radius 3 is 2.18 bits per heavy atom. The maximum atomic E-state index is 11.3. The molecule has 2 aromatic rings. The monoisotopic (exact) mass is 317 g/mol. The highest BCUT2D eigenvalue weighted by molar-refractivity contribution is 6.67. The van der Waals surface area contributed by atoms with Crippen LogP contribution < -0.4 is 0 Å². The van der Waals surface area contributed by atoms with Crippen LogP contribution in [0, 0.1) is 0 Å². The van der Waals surface area contributed by atoms with E-state index >= 15 is 0 Å². The van der Waals surface area contributed by atoms with Gasteiger partial charge in [0.25, 0.3) is 5.24 Å². The number of carboxylic acid groups (broad SMARTS) is 1. The van der Waals surface area contributed by atoms with Crippen LogP contribution in [0.5, 0.6) is 0 Å². The molecule has 0 saturated carbocycles. The summed E-state index contributed by atoms with van der Waals surface area (Å²) in [5.74, 6) is 0. The summed E-state index contributed by atoms with van der Waals surface area (Å²) in [6.07, 6.45) is -0.448. The number of hydrogen-bond donors (Lipinski definition) is 1. The van der Waals surface area contributed by atoms with Gasteiger partial charge in [-0.15, -0.1) is 0 Å². The summed E-state index contributed by atoms with van der Waals surface area (Å²) < 4.78 is 0. The standard InChI is InChI=1S/C17H16ClNO3/c1-19(17(21)22)15(11-12-5-3-2-4-6-12)13-7-9-14(10-8-13)16(18)20/h2-10,15H,11H2,1H3,(H,21,22). The average Bonchev–Trinajstić information content (AvgIpc) is 2.53. The molecule has 5 heteroatoms. The lowest BCUT2D eigenvalue weighted by atomic mass is 9.97. The molecule has 0 bridgehead atoms. The van der Waals surface area contributed by atoms with Gasteiger partial charge in [0.2, 0.25) is 0 Å². The lowest BCUT2D eigenvalue weighted by Gasteiger charge is -2.26. The minimum Gasteiger partial charge on any atom is -0.465 e. The Morgan fingerprint density at radius 1 is 1.09 bits per heavy atom. The van der Waals surface area contributed by atoms with Gasteiger partial charge in [0.15, 0.2) is 0 Å². The predicted molar refractivity (Wildman–Crippen MR) is 85.3 cm³/mol. The van der Waals surface area contributed by atoms with Crippen molar-refractivity contribution in [3.63, 3.8) is 0 Å². The van der Waals surface area contributed by atoms with Crippen molar-refractivity contribution in [1.82, 2.24) is 4.90 Å². The van der Waals surface area contributed by atoms with Crippen molar-refractivity contribution in [2.45, 2.75) is 12.5 Å². The first kappa shape index (κ1) is 16.0. The number of rotatable bonds is 5. The van der Waals surface area contributed by atoms with E-state index in [1.54, 1.807) is 24.3 Å². The van der Waals surface area contributed by atoms with Crippen molar-refractivity contribution < 1.29 is 14.7 Å². The van der Waals surface area contributed by atoms with Crippen LogP contribution in [-0.2, 0) is 6.42 Å². The molecule has 0 aliphatic carbocycles. The van der Waals surface area contributed by atoms with E-state index in [1.165, 1.54) is 11.9 Å². The van der Waals surface area contributed by atoms with Gasteiger partial charge in [-0.1, -0.05) is 42.5 Å². The van der Waals surface area contributed by atoms with Gasteiger partial charge in [-0.25, -0.2) is 4.79 Å². The molecule has 4 nitrogen and oxygen atoms in total. The maximum absolute atomic E-state index is 11.3. The van der Waals surface area contributed by atoms with E-state index in [0.29, 0.717) is 12.0 Å². The molecule has 1 atom stereocenters. The summed E-state index contributed by atoms with van der Waals surface area (Å²) in [7, 11) is 1.54. The van der Waals surface area contributed by atoms with Crippen LogP contribution in [0.25, 0.3) is 0 Å². The third kappa shape index (κ3) is 3.86. The second kappa shape index (κ2) is 7.09. The zero-order valence-corrected chi connectivity index (χ0v) is 12.8. The number of benzene rings is 2. The Kier molecular flexibility index (Phi) is 5.17. The average molecular weight is 318 g/mol. The van der Waals surface area contributed by atoms with E-state index in [2.05, 4.69) is 0 Å². The summed E-state index contributed by atoms with van der Waals surface area (Å²) in [5.41, 5.74) is 2.25. The van der Waals surface area contributed by atoms with Crippen LogP contribution in [0.15, 0.2) is 54.6 Å². The molecule has 0 heterocycles. The normalized spacial score (nSPS) is 11.7. The number of halogens is 1. The van der Waals surface area contributed by atoms with Crippen LogP contribution >= 0.6 is 11.6 Å². The Morgan fingerprint density at radius 2 is 1.68 bits per heavy atom. The molecule has 0 radical (unpaired) electrons. The third-order valence-corrected chi connectivity index (χ3v) is 3.78. The van der Waals surface area contributed by atoms with Crippen LogP contribution in [0.1, 0.15) is 27.5 Å². The molecule has 0 aliphatic rings. The number of likely N-dealkylation sites (N-methyl/N-ethyl adjacent to an activating group) is 1. The van der Waals surface area contributed by atoms with Gasteiger partial charge < -0.3 is 10.0 Å². The summed E-state index contributed by atoms with van der Waals surface area (Å²) >= 11 is 5.43. The topological polar surface area (TPSA) is 57.6 Å². The minimum absolute atomic E-state index is 0.334. The largest absolute Gasteiger partial charge is 0.465 e. The van der Waals surface area contributed by atoms with Gasteiger partial charge in [0.05, 0.1) is 6.04 Å². The van der Waals surface area contributed by atoms with Crippen LogP contribution in [0.4, 0.5) is 4.79 Å². The Hall–Kier alpha value is -2.33. The van der Waals surface area contributed by atoms with Crippen LogP contribution in [0.2, 0.25) is 0 Å². The van der Waals surface area contributed by atoms with Crippen molar-refractivity contribution in [2.24, 2.45) is 0 Å². The fraction of sp³-hybridized carbons (Fsp3) is 0.176. The summed E-state index contributed by atoms with van der Waals surface area (Å²) in [6.45, 7) is 0. The highest BCUT2D eigenvalue weighted by atomic mass is 35.5. The fourth-order valence-corrected chi connectivity index (χ4v) is 2.41. The molecule has 1 N–H and O–H groups in total. The van der Waals surface area contributed by atoms with Gasteiger partial charge in [0.1, 0.15) is 0 Å². The van der Waals surface area contributed by atoms with E-state index in [4.69, 9.17) is 11.6 Å². The van der Waals surface area contributed by atoms with Gasteiger partial charge in [-0.3, -0.25) is 4.79 Å². The van der Waals surface area contributed by atoms with Crippen molar-refractivity contribution in [3.05, 3.63) is 71.3 Å². The molecule has 2 rings (SSSR count). The van der Waals surface area contributed by atoms with Gasteiger partial charge in [-0.05, 0) is 41.3 Å². The molecule has 1 unspecified atom stereocenters. The molecule has 0 fully saturated rings. The number of carbonyl (C=O) groups excluding carboxylic acids is 1. The molecular formula is C17H16ClNO3. The van der Waals surface area contributed by atoms with E-state index in [1.807, 2.05) is 30.3 Å². The lowest BCUT2D eigenvalue weighted by Crippen LogP contribution is -2.31. The predicted octanol–water partition coefficient (Wildman–Crippen LogP) is 3.96. The smallest absolute Gasteiger partial charge is 0.407 e. The summed E-state index contributed by atoms with van der Waals surface area (Å²) in [5, 5.41) is 8.76. The van der Waals surface area contributed by atoms with E-state index in [0.717, 1.165) is 11.1 Å². The number of carbonyl (C=O) groups is 2. The molecule has 114 valence electrons. The SMILES string of the molecule is CN(C(=O)O)C(Cc1ccccc1)c1ccc(C(=O)Cl)cc1. The van der Waals surface area contributed by atoms with Crippen molar-refractivity contribution in [2.75, 3.05) is 7.05 Å². The second-order valence-corrected chi connectivity index (χ2v) is 5.34. The van der Waals surface area contributed by atoms with Crippen molar-refractivity contribution in [1.29, 1.82) is 0 Å². The zero-order valence-electron chi connectivity index (χ0n) is 12.1. The van der Waals surface area contributed by atoms with E-state index < -0.39 is 11.3 Å². The number of hydrogen-bond acceptors (Lipinski definition) is 2. The van der Waals surface area contributed by atoms with Crippen LogP contribution in [-0.4, -0.2) is 28.4 Å². The first-order valence-corrected chi connectivity index (χ1v) is 7.16. The quantitative estimate of drug-likeness (QED) is 0.849. The van der Waals surface area contributed by atoms with Crippen molar-refractivity contribution >= 4 is 22.9 Å². The minimum atomic E-state index is -1.00. The molecule has 0 aliphatic heterocycles. The second-order valence-electron chi connectivity index (χ2n) is 4.99. The van der Waals surface area contributed by atoms with Crippen LogP contribution in [0.3, 0.4) is 0 Å². The van der Waals surface area contributed by atoms with E-state index in [-0.39, 0.29) is 6.04 Å². The Labute approximate surface area is 133 Å². The fourth-order valence-electron chi connectivity index (χ4n) is 2.29. The molecular weight excluding hydrogens is 302 g/mol. The third-order valence-electron chi connectivity index (χ3n) is 3.56. The molecule has 2 aromatic carbocycles. The maximum Gasteiger partial charge on any atom is 0.407 e. The molecule has 1 amide bonds. The van der Waals surface area contributed by atoms with Gasteiger partial charge in [0, 0.05) is 12.6 Å². The van der Waals surface area contributed by atoms with Gasteiger partial charge >= 0.3 is 6.09 Å². The molecule has 22 heavy (non-hydrogen) atoms. The van der Waals surface area contributed by atoms with Crippen molar-refractivity contribution in [3.8, 4) is 0 Å². The first-order valence-electron chi connectivity index (χ1n) is 6.78. The highest BCUT2D eigenvalue weighted by Gasteiger charge is 2.21. The molecule has 0 aromatic heterocycles. The highest BCUT2D eigenvalue weighted by Crippen LogP contribution is 2.25. The summed E-state index contributed by atoms with van der Waals surface area (Å²) in [4.78, 5) is 23.7. The Balaban J connectivity index is 2.31. The lowest BCUT2D eigenvalue weighted by molar-refractivity contribution is 0.108.